The van der Waals surface area contributed by atoms with Crippen LogP contribution in [0.25, 0.3) is 0 Å². The largest absolute Gasteiger partial charge is 0.313 e. The zero-order valence-corrected chi connectivity index (χ0v) is 10.2. The summed E-state index contributed by atoms with van der Waals surface area (Å²) in [7, 11) is 2.01. The Bertz CT molecular complexity index is 397. The SMILES string of the molecule is CNC(CCc1ccsc1)c1cccnc1. The first-order chi connectivity index (χ1) is 7.90. The van der Waals surface area contributed by atoms with Gasteiger partial charge in [-0.15, -0.1) is 0 Å². The van der Waals surface area contributed by atoms with Gasteiger partial charge >= 0.3 is 0 Å². The zero-order valence-electron chi connectivity index (χ0n) is 9.39. The summed E-state index contributed by atoms with van der Waals surface area (Å²) in [6.07, 6.45) is 5.98. The minimum Gasteiger partial charge on any atom is -0.313 e. The zero-order chi connectivity index (χ0) is 11.2. The summed E-state index contributed by atoms with van der Waals surface area (Å²) in [4.78, 5) is 4.16. The number of nitrogens with one attached hydrogen (secondary N) is 1. The highest BCUT2D eigenvalue weighted by Crippen LogP contribution is 2.18. The Morgan fingerprint density at radius 2 is 2.38 bits per heavy atom. The average Bonchev–Trinajstić information content (AvgIpc) is 2.84. The van der Waals surface area contributed by atoms with Crippen LogP contribution in [0.2, 0.25) is 0 Å². The van der Waals surface area contributed by atoms with Gasteiger partial charge < -0.3 is 5.32 Å². The van der Waals surface area contributed by atoms with Crippen LogP contribution in [0.3, 0.4) is 0 Å². The molecule has 0 aliphatic heterocycles. The lowest BCUT2D eigenvalue weighted by molar-refractivity contribution is 0.548. The van der Waals surface area contributed by atoms with Crippen molar-refractivity contribution in [3.63, 3.8) is 0 Å². The quantitative estimate of drug-likeness (QED) is 0.857. The molecule has 0 amide bonds. The van der Waals surface area contributed by atoms with E-state index in [-0.39, 0.29) is 0 Å². The minimum atomic E-state index is 0.397. The van der Waals surface area contributed by atoms with Gasteiger partial charge in [0.15, 0.2) is 0 Å². The maximum absolute atomic E-state index is 4.16. The molecule has 2 nitrogen and oxygen atoms in total. The predicted molar refractivity (Wildman–Crippen MR) is 68.7 cm³/mol. The second-order valence-electron chi connectivity index (χ2n) is 3.80. The number of thiophene rings is 1. The first kappa shape index (κ1) is 11.3. The van der Waals surface area contributed by atoms with E-state index in [1.54, 1.807) is 11.3 Å². The number of aryl methyl sites for hydroxylation is 1. The van der Waals surface area contributed by atoms with Crippen LogP contribution in [-0.4, -0.2) is 12.0 Å². The van der Waals surface area contributed by atoms with Gasteiger partial charge in [-0.3, -0.25) is 4.98 Å². The molecule has 0 saturated carbocycles. The fourth-order valence-corrected chi connectivity index (χ4v) is 2.51. The van der Waals surface area contributed by atoms with Crippen LogP contribution in [0.5, 0.6) is 0 Å². The number of hydrogen-bond acceptors (Lipinski definition) is 3. The van der Waals surface area contributed by atoms with Crippen molar-refractivity contribution in [3.05, 3.63) is 52.5 Å². The van der Waals surface area contributed by atoms with Crippen molar-refractivity contribution in [2.45, 2.75) is 18.9 Å². The second kappa shape index (κ2) is 5.77. The summed E-state index contributed by atoms with van der Waals surface area (Å²) >= 11 is 1.76. The van der Waals surface area contributed by atoms with Crippen LogP contribution >= 0.6 is 11.3 Å². The highest BCUT2D eigenvalue weighted by atomic mass is 32.1. The van der Waals surface area contributed by atoms with E-state index >= 15 is 0 Å². The maximum atomic E-state index is 4.16. The van der Waals surface area contributed by atoms with Gasteiger partial charge in [-0.05, 0) is 53.9 Å². The van der Waals surface area contributed by atoms with E-state index in [4.69, 9.17) is 0 Å². The highest BCUT2D eigenvalue weighted by molar-refractivity contribution is 7.07. The van der Waals surface area contributed by atoms with Crippen molar-refractivity contribution >= 4 is 11.3 Å². The molecule has 2 aromatic heterocycles. The molecule has 84 valence electrons. The summed E-state index contributed by atoms with van der Waals surface area (Å²) in [5, 5.41) is 7.70. The monoisotopic (exact) mass is 232 g/mol. The number of aromatic nitrogens is 1. The predicted octanol–water partition coefficient (Wildman–Crippen LogP) is 3.04. The van der Waals surface area contributed by atoms with E-state index < -0.39 is 0 Å². The highest BCUT2D eigenvalue weighted by Gasteiger charge is 2.08. The van der Waals surface area contributed by atoms with Gasteiger partial charge in [-0.2, -0.15) is 11.3 Å². The summed E-state index contributed by atoms with van der Waals surface area (Å²) in [5.41, 5.74) is 2.69. The Hall–Kier alpha value is -1.19. The smallest absolute Gasteiger partial charge is 0.0336 e. The second-order valence-corrected chi connectivity index (χ2v) is 4.58. The molecule has 0 aliphatic rings. The fraction of sp³-hybridized carbons (Fsp3) is 0.308. The van der Waals surface area contributed by atoms with Crippen LogP contribution in [0, 0.1) is 0 Å². The topological polar surface area (TPSA) is 24.9 Å². The summed E-state index contributed by atoms with van der Waals surface area (Å²) in [6.45, 7) is 0. The first-order valence-corrected chi connectivity index (χ1v) is 6.42. The van der Waals surface area contributed by atoms with Gasteiger partial charge in [0.05, 0.1) is 0 Å². The fourth-order valence-electron chi connectivity index (χ4n) is 1.81. The van der Waals surface area contributed by atoms with Crippen LogP contribution in [0.1, 0.15) is 23.6 Å². The number of hydrogen-bond donors (Lipinski definition) is 1. The third kappa shape index (κ3) is 2.90. The third-order valence-electron chi connectivity index (χ3n) is 2.74. The molecule has 0 radical (unpaired) electrons. The normalized spacial score (nSPS) is 12.6. The van der Waals surface area contributed by atoms with Crippen molar-refractivity contribution in [2.24, 2.45) is 0 Å². The molecule has 2 aromatic rings. The molecule has 1 atom stereocenters. The molecule has 1 unspecified atom stereocenters. The van der Waals surface area contributed by atoms with Gasteiger partial charge in [-0.25, -0.2) is 0 Å². The Balaban J connectivity index is 1.96. The van der Waals surface area contributed by atoms with Crippen LogP contribution in [-0.2, 0) is 6.42 Å². The Morgan fingerprint density at radius 3 is 3.00 bits per heavy atom. The van der Waals surface area contributed by atoms with Crippen molar-refractivity contribution in [1.82, 2.24) is 10.3 Å². The van der Waals surface area contributed by atoms with Gasteiger partial charge in [0.2, 0.25) is 0 Å². The molecule has 0 saturated heterocycles. The lowest BCUT2D eigenvalue weighted by Crippen LogP contribution is -2.17. The minimum absolute atomic E-state index is 0.397. The molecule has 2 heterocycles. The molecule has 0 aliphatic carbocycles. The summed E-state index contributed by atoms with van der Waals surface area (Å²) in [5.74, 6) is 0. The van der Waals surface area contributed by atoms with Crippen LogP contribution < -0.4 is 5.32 Å². The van der Waals surface area contributed by atoms with Crippen molar-refractivity contribution in [2.75, 3.05) is 7.05 Å². The standard InChI is InChI=1S/C13H16N2S/c1-14-13(12-3-2-7-15-9-12)5-4-11-6-8-16-10-11/h2-3,6-10,13-14H,4-5H2,1H3. The van der Waals surface area contributed by atoms with Gasteiger partial charge in [0, 0.05) is 18.4 Å². The maximum Gasteiger partial charge on any atom is 0.0336 e. The van der Waals surface area contributed by atoms with Gasteiger partial charge in [-0.1, -0.05) is 6.07 Å². The van der Waals surface area contributed by atoms with E-state index in [1.807, 2.05) is 25.5 Å². The Morgan fingerprint density at radius 1 is 1.44 bits per heavy atom. The molecule has 0 bridgehead atoms. The lowest BCUT2D eigenvalue weighted by Gasteiger charge is -2.15. The van der Waals surface area contributed by atoms with E-state index in [0.717, 1.165) is 12.8 Å². The molecule has 2 rings (SSSR count). The average molecular weight is 232 g/mol. The van der Waals surface area contributed by atoms with Crippen molar-refractivity contribution in [3.8, 4) is 0 Å². The lowest BCUT2D eigenvalue weighted by atomic mass is 10.0. The van der Waals surface area contributed by atoms with Gasteiger partial charge in [0.25, 0.3) is 0 Å². The Labute approximate surface area is 100 Å². The van der Waals surface area contributed by atoms with E-state index in [2.05, 4.69) is 33.2 Å². The Kier molecular flexibility index (Phi) is 4.08. The summed E-state index contributed by atoms with van der Waals surface area (Å²) in [6, 6.07) is 6.71. The molecule has 0 fully saturated rings. The van der Waals surface area contributed by atoms with Crippen LogP contribution in [0.4, 0.5) is 0 Å². The molecule has 0 spiro atoms. The number of nitrogens with zero attached hydrogens (tertiary/aromatic N) is 1. The van der Waals surface area contributed by atoms with Crippen molar-refractivity contribution in [1.29, 1.82) is 0 Å². The van der Waals surface area contributed by atoms with Crippen LogP contribution in [0.15, 0.2) is 41.4 Å². The third-order valence-corrected chi connectivity index (χ3v) is 3.47. The molecule has 16 heavy (non-hydrogen) atoms. The number of rotatable bonds is 5. The van der Waals surface area contributed by atoms with Gasteiger partial charge in [0.1, 0.15) is 0 Å². The molecule has 3 heteroatoms. The summed E-state index contributed by atoms with van der Waals surface area (Å²) < 4.78 is 0. The van der Waals surface area contributed by atoms with E-state index in [9.17, 15) is 0 Å². The molecular weight excluding hydrogens is 216 g/mol. The molecule has 0 aromatic carbocycles. The first-order valence-electron chi connectivity index (χ1n) is 5.48. The number of pyridine rings is 1. The van der Waals surface area contributed by atoms with E-state index in [0.29, 0.717) is 6.04 Å². The van der Waals surface area contributed by atoms with E-state index in [1.165, 1.54) is 11.1 Å². The molecular formula is C13H16N2S. The van der Waals surface area contributed by atoms with Crippen molar-refractivity contribution < 1.29 is 0 Å². The molecule has 1 N–H and O–H groups in total.